The largest absolute Gasteiger partial charge is 0.506 e. The molecular formula is C10H11ClN2O3. The number of amidine groups is 1. The molecule has 1 aromatic rings. The van der Waals surface area contributed by atoms with Crippen molar-refractivity contribution in [1.29, 1.82) is 0 Å². The molecule has 0 spiro atoms. The van der Waals surface area contributed by atoms with Crippen LogP contribution in [0.15, 0.2) is 23.2 Å². The van der Waals surface area contributed by atoms with Gasteiger partial charge in [0.25, 0.3) is 0 Å². The maximum atomic E-state index is 10.5. The van der Waals surface area contributed by atoms with Crippen LogP contribution in [0.1, 0.15) is 5.56 Å². The highest BCUT2D eigenvalue weighted by Gasteiger charge is 2.05. The molecule has 0 fully saturated rings. The molecule has 0 aliphatic rings. The summed E-state index contributed by atoms with van der Waals surface area (Å²) in [5.74, 6) is -0.819. The van der Waals surface area contributed by atoms with Crippen molar-refractivity contribution >= 4 is 29.1 Å². The average molecular weight is 243 g/mol. The lowest BCUT2D eigenvalue weighted by Crippen LogP contribution is -2.12. The monoisotopic (exact) mass is 242 g/mol. The third kappa shape index (κ3) is 3.43. The van der Waals surface area contributed by atoms with Gasteiger partial charge in [-0.05, 0) is 17.7 Å². The van der Waals surface area contributed by atoms with Gasteiger partial charge in [0.2, 0.25) is 0 Å². The van der Waals surface area contributed by atoms with Crippen molar-refractivity contribution in [3.63, 3.8) is 0 Å². The smallest absolute Gasteiger partial charge is 0.307 e. The van der Waals surface area contributed by atoms with Crippen molar-refractivity contribution < 1.29 is 15.0 Å². The van der Waals surface area contributed by atoms with Crippen LogP contribution in [0.4, 0.5) is 5.69 Å². The number of aliphatic imine (C=N–C) groups is 1. The number of carbonyl (C=O) groups is 1. The first-order valence-corrected chi connectivity index (χ1v) is 4.99. The Morgan fingerprint density at radius 2 is 2.19 bits per heavy atom. The molecule has 1 aromatic carbocycles. The molecule has 0 aliphatic heterocycles. The van der Waals surface area contributed by atoms with Crippen LogP contribution < -0.4 is 5.73 Å². The number of carboxylic acids is 1. The van der Waals surface area contributed by atoms with E-state index in [1.165, 1.54) is 18.2 Å². The van der Waals surface area contributed by atoms with E-state index in [2.05, 4.69) is 4.99 Å². The van der Waals surface area contributed by atoms with E-state index in [0.717, 1.165) is 0 Å². The van der Waals surface area contributed by atoms with E-state index in [9.17, 15) is 9.90 Å². The fourth-order valence-corrected chi connectivity index (χ4v) is 1.19. The number of nitrogens with zero attached hydrogens (tertiary/aromatic N) is 1. The summed E-state index contributed by atoms with van der Waals surface area (Å²) in [6, 6.07) is 4.35. The van der Waals surface area contributed by atoms with Gasteiger partial charge in [0.1, 0.15) is 17.3 Å². The van der Waals surface area contributed by atoms with E-state index in [1.807, 2.05) is 0 Å². The van der Waals surface area contributed by atoms with E-state index < -0.39 is 5.97 Å². The van der Waals surface area contributed by atoms with Gasteiger partial charge in [0.05, 0.1) is 12.3 Å². The van der Waals surface area contributed by atoms with Crippen LogP contribution in [0.5, 0.6) is 5.75 Å². The number of aliphatic carboxylic acids is 1. The van der Waals surface area contributed by atoms with Crippen LogP contribution in [0.25, 0.3) is 0 Å². The maximum absolute atomic E-state index is 10.5. The van der Waals surface area contributed by atoms with Gasteiger partial charge in [-0.3, -0.25) is 4.79 Å². The molecule has 0 heterocycles. The number of benzene rings is 1. The molecule has 1 rings (SSSR count). The molecule has 0 atom stereocenters. The number of nitrogens with two attached hydrogens (primary N) is 1. The van der Waals surface area contributed by atoms with Gasteiger partial charge in [0.15, 0.2) is 0 Å². The molecule has 0 aliphatic carbocycles. The minimum atomic E-state index is -0.953. The van der Waals surface area contributed by atoms with Crippen LogP contribution >= 0.6 is 11.6 Å². The number of hydrogen-bond acceptors (Lipinski definition) is 3. The maximum Gasteiger partial charge on any atom is 0.307 e. The number of phenols is 1. The number of rotatable bonds is 4. The summed E-state index contributed by atoms with van der Waals surface area (Å²) in [6.45, 7) is 0. The molecule has 0 bridgehead atoms. The van der Waals surface area contributed by atoms with Gasteiger partial charge in [-0.15, -0.1) is 11.6 Å². The van der Waals surface area contributed by atoms with Crippen molar-refractivity contribution in [3.05, 3.63) is 23.8 Å². The molecule has 0 unspecified atom stereocenters. The molecule has 86 valence electrons. The zero-order chi connectivity index (χ0) is 12.1. The fourth-order valence-electron chi connectivity index (χ4n) is 1.13. The average Bonchev–Trinajstić information content (AvgIpc) is 2.22. The van der Waals surface area contributed by atoms with Gasteiger partial charge in [-0.1, -0.05) is 6.07 Å². The summed E-state index contributed by atoms with van der Waals surface area (Å²) in [7, 11) is 0. The highest BCUT2D eigenvalue weighted by Crippen LogP contribution is 2.27. The molecule has 0 saturated heterocycles. The molecule has 5 nitrogen and oxygen atoms in total. The van der Waals surface area contributed by atoms with Crippen LogP contribution in [-0.4, -0.2) is 27.9 Å². The molecular weight excluding hydrogens is 232 g/mol. The van der Waals surface area contributed by atoms with E-state index in [4.69, 9.17) is 22.4 Å². The van der Waals surface area contributed by atoms with Gasteiger partial charge >= 0.3 is 5.97 Å². The lowest BCUT2D eigenvalue weighted by atomic mass is 10.1. The fraction of sp³-hybridized carbons (Fsp3) is 0.200. The SMILES string of the molecule is NC(CCl)=Nc1cc(CC(=O)O)ccc1O. The number of aromatic hydroxyl groups is 1. The van der Waals surface area contributed by atoms with Crippen molar-refractivity contribution in [2.75, 3.05) is 5.88 Å². The Hall–Kier alpha value is -1.75. The van der Waals surface area contributed by atoms with Crippen LogP contribution in [-0.2, 0) is 11.2 Å². The van der Waals surface area contributed by atoms with Crippen molar-refractivity contribution in [2.45, 2.75) is 6.42 Å². The Labute approximate surface area is 97.2 Å². The number of halogens is 1. The highest BCUT2D eigenvalue weighted by atomic mass is 35.5. The van der Waals surface area contributed by atoms with Gasteiger partial charge in [0, 0.05) is 0 Å². The van der Waals surface area contributed by atoms with E-state index in [0.29, 0.717) is 5.56 Å². The minimum absolute atomic E-state index is 0.0442. The molecule has 0 saturated carbocycles. The summed E-state index contributed by atoms with van der Waals surface area (Å²) >= 11 is 5.45. The first-order chi connectivity index (χ1) is 7.52. The first-order valence-electron chi connectivity index (χ1n) is 4.45. The third-order valence-electron chi connectivity index (χ3n) is 1.80. The third-order valence-corrected chi connectivity index (χ3v) is 2.07. The Bertz CT molecular complexity index is 432. The lowest BCUT2D eigenvalue weighted by molar-refractivity contribution is -0.136. The van der Waals surface area contributed by atoms with E-state index in [1.54, 1.807) is 0 Å². The number of alkyl halides is 1. The summed E-state index contributed by atoms with van der Waals surface area (Å²) in [5.41, 5.74) is 6.17. The van der Waals surface area contributed by atoms with Gasteiger partial charge < -0.3 is 15.9 Å². The standard InChI is InChI=1S/C10H11ClN2O3/c11-5-9(12)13-7-3-6(4-10(15)16)1-2-8(7)14/h1-3,14H,4-5H2,(H2,12,13)(H,15,16). The molecule has 0 aromatic heterocycles. The Balaban J connectivity index is 3.03. The first kappa shape index (κ1) is 12.3. The molecule has 4 N–H and O–H groups in total. The predicted molar refractivity (Wildman–Crippen MR) is 61.4 cm³/mol. The minimum Gasteiger partial charge on any atom is -0.506 e. The van der Waals surface area contributed by atoms with Gasteiger partial charge in [-0.25, -0.2) is 4.99 Å². The quantitative estimate of drug-likeness (QED) is 0.421. The zero-order valence-electron chi connectivity index (χ0n) is 8.35. The molecule has 16 heavy (non-hydrogen) atoms. The topological polar surface area (TPSA) is 95.9 Å². The molecule has 0 amide bonds. The Kier molecular flexibility index (Phi) is 4.13. The number of carboxylic acid groups (broad SMARTS) is 1. The van der Waals surface area contributed by atoms with Crippen LogP contribution in [0.2, 0.25) is 0 Å². The van der Waals surface area contributed by atoms with Crippen molar-refractivity contribution in [3.8, 4) is 5.75 Å². The highest BCUT2D eigenvalue weighted by molar-refractivity contribution is 6.28. The normalized spacial score (nSPS) is 11.4. The lowest BCUT2D eigenvalue weighted by Gasteiger charge is -2.03. The molecule has 6 heteroatoms. The van der Waals surface area contributed by atoms with Crippen LogP contribution in [0, 0.1) is 0 Å². The summed E-state index contributed by atoms with van der Waals surface area (Å²) in [6.07, 6.45) is -0.135. The van der Waals surface area contributed by atoms with E-state index in [-0.39, 0.29) is 29.6 Å². The van der Waals surface area contributed by atoms with Crippen molar-refractivity contribution in [1.82, 2.24) is 0 Å². The second-order valence-corrected chi connectivity index (χ2v) is 3.40. The second kappa shape index (κ2) is 5.37. The molecule has 0 radical (unpaired) electrons. The predicted octanol–water partition coefficient (Wildman–Crippen LogP) is 1.25. The number of phenolic OH excluding ortho intramolecular Hbond substituents is 1. The zero-order valence-corrected chi connectivity index (χ0v) is 9.11. The number of hydrogen-bond donors (Lipinski definition) is 3. The summed E-state index contributed by atoms with van der Waals surface area (Å²) in [4.78, 5) is 14.4. The summed E-state index contributed by atoms with van der Waals surface area (Å²) < 4.78 is 0. The van der Waals surface area contributed by atoms with Crippen LogP contribution in [0.3, 0.4) is 0 Å². The van der Waals surface area contributed by atoms with E-state index >= 15 is 0 Å². The summed E-state index contributed by atoms with van der Waals surface area (Å²) in [5, 5.41) is 18.1. The second-order valence-electron chi connectivity index (χ2n) is 3.13. The Morgan fingerprint density at radius 3 is 2.75 bits per heavy atom. The Morgan fingerprint density at radius 1 is 1.50 bits per heavy atom. The van der Waals surface area contributed by atoms with Crippen molar-refractivity contribution in [2.24, 2.45) is 10.7 Å². The van der Waals surface area contributed by atoms with Gasteiger partial charge in [-0.2, -0.15) is 0 Å².